The van der Waals surface area contributed by atoms with Gasteiger partial charge in [0.2, 0.25) is 0 Å². The molecule has 0 aliphatic carbocycles. The van der Waals surface area contributed by atoms with E-state index in [1.807, 2.05) is 0 Å². The minimum absolute atomic E-state index is 0.0197. The summed E-state index contributed by atoms with van der Waals surface area (Å²) >= 11 is 0. The molecular formula is C17H14FNO3. The van der Waals surface area contributed by atoms with Crippen LogP contribution < -0.4 is 9.64 Å². The molecule has 0 saturated carbocycles. The molecule has 3 rings (SSSR count). The largest absolute Gasteiger partial charge is 0.495 e. The molecule has 1 aliphatic heterocycles. The summed E-state index contributed by atoms with van der Waals surface area (Å²) in [6.07, 6.45) is 0.209. The number of benzene rings is 2. The molecule has 5 heteroatoms. The molecule has 4 nitrogen and oxygen atoms in total. The number of carbonyl (C=O) groups excluding carboxylic acids is 2. The second kappa shape index (κ2) is 5.60. The molecule has 0 fully saturated rings. The topological polar surface area (TPSA) is 46.6 Å². The number of carbonyl (C=O) groups is 2. The Labute approximate surface area is 127 Å². The Morgan fingerprint density at radius 3 is 2.68 bits per heavy atom. The highest BCUT2D eigenvalue weighted by Crippen LogP contribution is 2.37. The molecule has 22 heavy (non-hydrogen) atoms. The average molecular weight is 299 g/mol. The lowest BCUT2D eigenvalue weighted by molar-refractivity contribution is 0.0952. The van der Waals surface area contributed by atoms with Gasteiger partial charge in [-0.05, 0) is 24.3 Å². The summed E-state index contributed by atoms with van der Waals surface area (Å²) < 4.78 is 19.2. The second-order valence-electron chi connectivity index (χ2n) is 4.97. The van der Waals surface area contributed by atoms with Crippen molar-refractivity contribution in [1.29, 1.82) is 0 Å². The zero-order valence-corrected chi connectivity index (χ0v) is 12.0. The first kappa shape index (κ1) is 14.3. The molecule has 0 aromatic heterocycles. The van der Waals surface area contributed by atoms with E-state index < -0.39 is 11.7 Å². The van der Waals surface area contributed by atoms with Crippen molar-refractivity contribution in [2.24, 2.45) is 0 Å². The predicted molar refractivity (Wildman–Crippen MR) is 80.0 cm³/mol. The number of methoxy groups -OCH3 is 1. The normalized spacial score (nSPS) is 13.7. The van der Waals surface area contributed by atoms with E-state index in [0.717, 1.165) is 0 Å². The second-order valence-corrected chi connectivity index (χ2v) is 4.97. The van der Waals surface area contributed by atoms with Crippen LogP contribution in [0.15, 0.2) is 42.5 Å². The Bertz CT molecular complexity index is 757. The summed E-state index contributed by atoms with van der Waals surface area (Å²) in [6.45, 7) is 0.208. The van der Waals surface area contributed by atoms with Crippen LogP contribution in [0.4, 0.5) is 10.1 Å². The lowest BCUT2D eigenvalue weighted by Crippen LogP contribution is -2.38. The van der Waals surface area contributed by atoms with E-state index in [2.05, 4.69) is 0 Å². The number of nitrogens with zero attached hydrogens (tertiary/aromatic N) is 1. The number of hydrogen-bond donors (Lipinski definition) is 0. The zero-order valence-electron chi connectivity index (χ0n) is 12.0. The Morgan fingerprint density at radius 2 is 1.95 bits per heavy atom. The molecule has 0 unspecified atom stereocenters. The van der Waals surface area contributed by atoms with Crippen molar-refractivity contribution >= 4 is 17.4 Å². The smallest absolute Gasteiger partial charge is 0.261 e. The minimum atomic E-state index is -0.583. The van der Waals surface area contributed by atoms with E-state index in [0.29, 0.717) is 17.0 Å². The van der Waals surface area contributed by atoms with Gasteiger partial charge in [-0.3, -0.25) is 9.59 Å². The van der Waals surface area contributed by atoms with Crippen molar-refractivity contribution in [2.75, 3.05) is 18.6 Å². The summed E-state index contributed by atoms with van der Waals surface area (Å²) in [6, 6.07) is 10.8. The maximum Gasteiger partial charge on any atom is 0.261 e. The lowest BCUT2D eigenvalue weighted by Gasteiger charge is -2.30. The fraction of sp³-hybridized carbons (Fsp3) is 0.176. The van der Waals surface area contributed by atoms with Crippen LogP contribution in [-0.2, 0) is 0 Å². The fourth-order valence-electron chi connectivity index (χ4n) is 2.63. The van der Waals surface area contributed by atoms with Gasteiger partial charge in [0.15, 0.2) is 5.78 Å². The maximum atomic E-state index is 13.9. The van der Waals surface area contributed by atoms with E-state index >= 15 is 0 Å². The number of ether oxygens (including phenoxy) is 1. The third-order valence-electron chi connectivity index (χ3n) is 3.70. The average Bonchev–Trinajstić information content (AvgIpc) is 2.55. The summed E-state index contributed by atoms with van der Waals surface area (Å²) in [5, 5.41) is 0. The molecule has 0 atom stereocenters. The first-order chi connectivity index (χ1) is 10.6. The third-order valence-corrected chi connectivity index (χ3v) is 3.70. The number of para-hydroxylation sites is 1. The standard InChI is InChI=1S/C17H14FNO3/c1-22-15-8-4-6-12-14(20)9-10-19(16(12)15)17(21)11-5-2-3-7-13(11)18/h2-8H,9-10H2,1H3. The molecule has 2 aromatic carbocycles. The maximum absolute atomic E-state index is 13.9. The van der Waals surface area contributed by atoms with Crippen LogP contribution in [0.1, 0.15) is 27.1 Å². The van der Waals surface area contributed by atoms with Gasteiger partial charge in [-0.15, -0.1) is 0 Å². The van der Waals surface area contributed by atoms with Gasteiger partial charge >= 0.3 is 0 Å². The van der Waals surface area contributed by atoms with Gasteiger partial charge in [0.25, 0.3) is 5.91 Å². The van der Waals surface area contributed by atoms with Gasteiger partial charge in [-0.25, -0.2) is 4.39 Å². The molecule has 112 valence electrons. The zero-order chi connectivity index (χ0) is 15.7. The minimum Gasteiger partial charge on any atom is -0.495 e. The number of rotatable bonds is 2. The highest BCUT2D eigenvalue weighted by molar-refractivity contribution is 6.14. The molecule has 1 heterocycles. The van der Waals surface area contributed by atoms with Crippen LogP contribution in [0.2, 0.25) is 0 Å². The van der Waals surface area contributed by atoms with Crippen LogP contribution in [-0.4, -0.2) is 25.3 Å². The summed E-state index contributed by atoms with van der Waals surface area (Å²) in [5.74, 6) is -0.682. The van der Waals surface area contributed by atoms with E-state index in [9.17, 15) is 14.0 Å². The van der Waals surface area contributed by atoms with Crippen LogP contribution in [0.3, 0.4) is 0 Å². The number of fused-ring (bicyclic) bond motifs is 1. The van der Waals surface area contributed by atoms with Crippen LogP contribution in [0.5, 0.6) is 5.75 Å². The van der Waals surface area contributed by atoms with Gasteiger partial charge in [0.1, 0.15) is 11.6 Å². The fourth-order valence-corrected chi connectivity index (χ4v) is 2.63. The van der Waals surface area contributed by atoms with Crippen molar-refractivity contribution in [3.63, 3.8) is 0 Å². The Kier molecular flexibility index (Phi) is 3.63. The molecule has 0 N–H and O–H groups in total. The molecule has 0 radical (unpaired) electrons. The first-order valence-electron chi connectivity index (χ1n) is 6.90. The molecule has 2 aromatic rings. The van der Waals surface area contributed by atoms with Crippen molar-refractivity contribution < 1.29 is 18.7 Å². The van der Waals surface area contributed by atoms with E-state index in [1.165, 1.54) is 30.2 Å². The SMILES string of the molecule is COc1cccc2c1N(C(=O)c1ccccc1F)CCC2=O. The van der Waals surface area contributed by atoms with Crippen LogP contribution in [0, 0.1) is 5.82 Å². The molecule has 0 spiro atoms. The first-order valence-corrected chi connectivity index (χ1v) is 6.90. The monoisotopic (exact) mass is 299 g/mol. The van der Waals surface area contributed by atoms with Crippen molar-refractivity contribution in [3.8, 4) is 5.75 Å². The van der Waals surface area contributed by atoms with Gasteiger partial charge in [0, 0.05) is 18.5 Å². The van der Waals surface area contributed by atoms with Gasteiger partial charge < -0.3 is 9.64 Å². The van der Waals surface area contributed by atoms with Gasteiger partial charge in [0.05, 0.1) is 18.4 Å². The summed E-state index contributed by atoms with van der Waals surface area (Å²) in [7, 11) is 1.47. The Hall–Kier alpha value is -2.69. The number of halogens is 1. The van der Waals surface area contributed by atoms with Crippen molar-refractivity contribution in [2.45, 2.75) is 6.42 Å². The van der Waals surface area contributed by atoms with Crippen molar-refractivity contribution in [3.05, 3.63) is 59.4 Å². The summed E-state index contributed by atoms with van der Waals surface area (Å²) in [5.41, 5.74) is 0.818. The molecular weight excluding hydrogens is 285 g/mol. The van der Waals surface area contributed by atoms with Gasteiger partial charge in [-0.2, -0.15) is 0 Å². The molecule has 0 saturated heterocycles. The molecule has 1 amide bonds. The number of Topliss-reactive ketones (excluding diaryl/α,β-unsaturated/α-hetero) is 1. The number of anilines is 1. The van der Waals surface area contributed by atoms with Crippen LogP contribution >= 0.6 is 0 Å². The van der Waals surface area contributed by atoms with Crippen LogP contribution in [0.25, 0.3) is 0 Å². The number of ketones is 1. The highest BCUT2D eigenvalue weighted by atomic mass is 19.1. The Morgan fingerprint density at radius 1 is 1.18 bits per heavy atom. The number of hydrogen-bond acceptors (Lipinski definition) is 3. The lowest BCUT2D eigenvalue weighted by atomic mass is 9.98. The van der Waals surface area contributed by atoms with E-state index in [1.54, 1.807) is 24.3 Å². The van der Waals surface area contributed by atoms with E-state index in [4.69, 9.17) is 4.74 Å². The quantitative estimate of drug-likeness (QED) is 0.856. The van der Waals surface area contributed by atoms with E-state index in [-0.39, 0.29) is 24.3 Å². The third kappa shape index (κ3) is 2.24. The van der Waals surface area contributed by atoms with Gasteiger partial charge in [-0.1, -0.05) is 18.2 Å². The Balaban J connectivity index is 2.11. The molecule has 0 bridgehead atoms. The summed E-state index contributed by atoms with van der Waals surface area (Å²) in [4.78, 5) is 26.1. The molecule has 1 aliphatic rings. The highest BCUT2D eigenvalue weighted by Gasteiger charge is 2.31. The predicted octanol–water partition coefficient (Wildman–Crippen LogP) is 3.07. The van der Waals surface area contributed by atoms with Crippen molar-refractivity contribution in [1.82, 2.24) is 0 Å². The number of amides is 1.